The Hall–Kier alpha value is -3.19. The number of hydrogen-bond donors (Lipinski definition) is 7. The van der Waals surface area contributed by atoms with E-state index >= 15 is 0 Å². The molecular formula is C21H32N7O2P. The van der Waals surface area contributed by atoms with Crippen LogP contribution in [-0.2, 0) is 22.4 Å². The quantitative estimate of drug-likeness (QED) is 0.175. The van der Waals surface area contributed by atoms with E-state index in [9.17, 15) is 9.59 Å². The summed E-state index contributed by atoms with van der Waals surface area (Å²) >= 11 is 0. The van der Waals surface area contributed by atoms with E-state index in [-0.39, 0.29) is 42.2 Å². The lowest BCUT2D eigenvalue weighted by molar-refractivity contribution is -0.126. The van der Waals surface area contributed by atoms with E-state index in [0.717, 1.165) is 10.9 Å². The first-order chi connectivity index (χ1) is 14.4. The molecule has 2 aromatic rings. The number of ketones is 2. The average Bonchev–Trinajstić information content (AvgIpc) is 2.73. The van der Waals surface area contributed by atoms with Crippen LogP contribution in [0.5, 0.6) is 0 Å². The predicted molar refractivity (Wildman–Crippen MR) is 134 cm³/mol. The zero-order chi connectivity index (χ0) is 23.6. The summed E-state index contributed by atoms with van der Waals surface area (Å²) in [7, 11) is 2.54. The zero-order valence-electron chi connectivity index (χ0n) is 18.0. The van der Waals surface area contributed by atoms with Crippen molar-refractivity contribution in [2.24, 2.45) is 0 Å². The van der Waals surface area contributed by atoms with E-state index < -0.39 is 0 Å². The lowest BCUT2D eigenvalue weighted by atomic mass is 9.95. The third-order valence-corrected chi connectivity index (χ3v) is 6.54. The van der Waals surface area contributed by atoms with Gasteiger partial charge in [0.1, 0.15) is 11.6 Å². The van der Waals surface area contributed by atoms with Crippen LogP contribution in [0.2, 0.25) is 0 Å². The van der Waals surface area contributed by atoms with Gasteiger partial charge in [0.05, 0.1) is 40.5 Å². The Morgan fingerprint density at radius 3 is 1.58 bits per heavy atom. The summed E-state index contributed by atoms with van der Waals surface area (Å²) in [5.41, 5.74) is 47.2. The Morgan fingerprint density at radius 2 is 1.03 bits per heavy atom. The maximum Gasteiger partial charge on any atom is 0.140 e. The Balaban J connectivity index is 2.01. The van der Waals surface area contributed by atoms with Gasteiger partial charge < -0.3 is 40.1 Å². The largest absolute Gasteiger partial charge is 0.398 e. The second kappa shape index (κ2) is 9.31. The maximum atomic E-state index is 12.4. The molecule has 0 aliphatic rings. The minimum Gasteiger partial charge on any atom is -0.398 e. The van der Waals surface area contributed by atoms with Gasteiger partial charge in [-0.2, -0.15) is 0 Å². The molecule has 0 saturated heterocycles. The first kappa shape index (κ1) is 24.1. The number of rotatable bonds is 8. The summed E-state index contributed by atoms with van der Waals surface area (Å²) in [4.78, 5) is 24.7. The second-order valence-electron chi connectivity index (χ2n) is 7.77. The van der Waals surface area contributed by atoms with Gasteiger partial charge in [-0.1, -0.05) is 0 Å². The van der Waals surface area contributed by atoms with Gasteiger partial charge in [-0.05, 0) is 48.7 Å². The summed E-state index contributed by atoms with van der Waals surface area (Å²) in [5, 5.41) is 0.764. The van der Waals surface area contributed by atoms with Crippen LogP contribution in [0, 0.1) is 13.8 Å². The second-order valence-corrected chi connectivity index (χ2v) is 8.35. The number of nitrogens with two attached hydrogens (primary N) is 7. The summed E-state index contributed by atoms with van der Waals surface area (Å²) in [5.74, 6) is -0.400. The lowest BCUT2D eigenvalue weighted by Gasteiger charge is -2.17. The number of carbonyl (C=O) groups is 2. The molecule has 1 atom stereocenters. The number of anilines is 7. The molecule has 2 aromatic carbocycles. The molecular weight excluding hydrogens is 413 g/mol. The SMILES string of the molecule is Cc1c(N)c(N)c(CCC(=O)CC(=O)CCc2c(C)c(N)c(N)c(N)c2N)c(N)c1P. The molecule has 1 unspecified atom stereocenters. The molecule has 0 aromatic heterocycles. The topological polar surface area (TPSA) is 216 Å². The van der Waals surface area contributed by atoms with E-state index in [1.54, 1.807) is 6.92 Å². The number of hydrogen-bond acceptors (Lipinski definition) is 9. The normalized spacial score (nSPS) is 10.9. The predicted octanol–water partition coefficient (Wildman–Crippen LogP) is 0.973. The zero-order valence-corrected chi connectivity index (χ0v) is 19.1. The third kappa shape index (κ3) is 4.77. The minimum atomic E-state index is -0.200. The monoisotopic (exact) mass is 445 g/mol. The highest BCUT2D eigenvalue weighted by Crippen LogP contribution is 2.36. The standard InChI is InChI=1S/C21H32N7O2P/c1-8-12(16(24)20(28)19(27)14(8)22)5-3-10(29)7-11(30)4-6-13-17(25)15(23)9(2)21(31)18(13)26/h3-7,22-28,31H2,1-2H3. The Bertz CT molecular complexity index is 925. The van der Waals surface area contributed by atoms with Crippen molar-refractivity contribution in [2.45, 2.75) is 46.0 Å². The van der Waals surface area contributed by atoms with Crippen molar-refractivity contribution < 1.29 is 9.59 Å². The molecule has 0 fully saturated rings. The molecule has 168 valence electrons. The number of carbonyl (C=O) groups excluding carboxylic acids is 2. The molecule has 9 nitrogen and oxygen atoms in total. The Morgan fingerprint density at radius 1 is 0.613 bits per heavy atom. The van der Waals surface area contributed by atoms with Crippen LogP contribution in [0.25, 0.3) is 0 Å². The van der Waals surface area contributed by atoms with Crippen molar-refractivity contribution in [3.63, 3.8) is 0 Å². The summed E-state index contributed by atoms with van der Waals surface area (Å²) in [6, 6.07) is 0. The molecule has 2 rings (SSSR count). The summed E-state index contributed by atoms with van der Waals surface area (Å²) < 4.78 is 0. The number of nitrogen functional groups attached to an aromatic ring is 7. The van der Waals surface area contributed by atoms with Gasteiger partial charge >= 0.3 is 0 Å². The number of Topliss-reactive ketones (excluding diaryl/α,β-unsaturated/α-hetero) is 2. The Kier molecular flexibility index (Phi) is 7.23. The minimum absolute atomic E-state index is 0.135. The molecule has 0 amide bonds. The van der Waals surface area contributed by atoms with Crippen molar-refractivity contribution in [2.75, 3.05) is 40.1 Å². The third-order valence-electron chi connectivity index (χ3n) is 5.79. The van der Waals surface area contributed by atoms with Gasteiger partial charge in [0.25, 0.3) is 0 Å². The van der Waals surface area contributed by atoms with Gasteiger partial charge in [-0.3, -0.25) is 9.59 Å². The summed E-state index contributed by atoms with van der Waals surface area (Å²) in [6.45, 7) is 3.60. The number of benzene rings is 2. The van der Waals surface area contributed by atoms with Crippen molar-refractivity contribution >= 4 is 65.9 Å². The van der Waals surface area contributed by atoms with Crippen LogP contribution >= 0.6 is 9.24 Å². The molecule has 0 heterocycles. The van der Waals surface area contributed by atoms with Crippen molar-refractivity contribution in [3.8, 4) is 0 Å². The van der Waals surface area contributed by atoms with Crippen molar-refractivity contribution in [1.82, 2.24) is 0 Å². The molecule has 31 heavy (non-hydrogen) atoms. The fourth-order valence-corrected chi connectivity index (χ4v) is 3.89. The fraction of sp³-hybridized carbons (Fsp3) is 0.333. The lowest BCUT2D eigenvalue weighted by Crippen LogP contribution is -2.17. The fourth-order valence-electron chi connectivity index (χ4n) is 3.56. The Labute approximate surface area is 184 Å². The van der Waals surface area contributed by atoms with E-state index in [0.29, 0.717) is 58.0 Å². The maximum absolute atomic E-state index is 12.4. The first-order valence-electron chi connectivity index (χ1n) is 9.84. The van der Waals surface area contributed by atoms with Gasteiger partial charge in [-0.15, -0.1) is 9.24 Å². The van der Waals surface area contributed by atoms with Gasteiger partial charge in [-0.25, -0.2) is 0 Å². The van der Waals surface area contributed by atoms with E-state index in [1.165, 1.54) is 0 Å². The van der Waals surface area contributed by atoms with Gasteiger partial charge in [0, 0.05) is 24.1 Å². The highest BCUT2D eigenvalue weighted by Gasteiger charge is 2.19. The highest BCUT2D eigenvalue weighted by atomic mass is 31.0. The van der Waals surface area contributed by atoms with Crippen LogP contribution in [0.1, 0.15) is 41.5 Å². The van der Waals surface area contributed by atoms with Crippen LogP contribution < -0.4 is 45.4 Å². The van der Waals surface area contributed by atoms with Crippen LogP contribution in [-0.4, -0.2) is 11.6 Å². The molecule has 0 saturated carbocycles. The molecule has 0 aliphatic carbocycles. The van der Waals surface area contributed by atoms with E-state index in [2.05, 4.69) is 9.24 Å². The van der Waals surface area contributed by atoms with Crippen LogP contribution in [0.3, 0.4) is 0 Å². The van der Waals surface area contributed by atoms with Crippen LogP contribution in [0.4, 0.5) is 39.8 Å². The molecule has 0 spiro atoms. The average molecular weight is 446 g/mol. The first-order valence-corrected chi connectivity index (χ1v) is 10.4. The summed E-state index contributed by atoms with van der Waals surface area (Å²) in [6.07, 6.45) is 0.719. The van der Waals surface area contributed by atoms with Gasteiger partial charge in [0.2, 0.25) is 0 Å². The van der Waals surface area contributed by atoms with E-state index in [4.69, 9.17) is 40.1 Å². The van der Waals surface area contributed by atoms with Crippen molar-refractivity contribution in [3.05, 3.63) is 22.3 Å². The van der Waals surface area contributed by atoms with Crippen LogP contribution in [0.15, 0.2) is 0 Å². The highest BCUT2D eigenvalue weighted by molar-refractivity contribution is 7.28. The molecule has 14 N–H and O–H groups in total. The van der Waals surface area contributed by atoms with Gasteiger partial charge in [0.15, 0.2) is 0 Å². The smallest absolute Gasteiger partial charge is 0.140 e. The van der Waals surface area contributed by atoms with E-state index in [1.807, 2.05) is 6.92 Å². The molecule has 0 bridgehead atoms. The van der Waals surface area contributed by atoms with Crippen molar-refractivity contribution in [1.29, 1.82) is 0 Å². The molecule has 10 heteroatoms. The molecule has 0 radical (unpaired) electrons. The molecule has 0 aliphatic heterocycles.